The average molecular weight is 1230 g/mol. The number of nitrogens with one attached hydrogen (secondary N) is 8. The summed E-state index contributed by atoms with van der Waals surface area (Å²) in [5.41, 5.74) is 23.8. The second-order valence-electron chi connectivity index (χ2n) is 25.9. The third-order valence-corrected chi connectivity index (χ3v) is 18.6. The van der Waals surface area contributed by atoms with Crippen LogP contribution in [-0.2, 0) is 49.6 Å². The van der Waals surface area contributed by atoms with Gasteiger partial charge >= 0.3 is 0 Å². The molecule has 9 amide bonds. The van der Waals surface area contributed by atoms with E-state index in [9.17, 15) is 48.3 Å². The molecule has 88 heavy (non-hydrogen) atoms. The van der Waals surface area contributed by atoms with Crippen LogP contribution >= 0.6 is 0 Å². The van der Waals surface area contributed by atoms with Gasteiger partial charge in [-0.1, -0.05) is 109 Å². The van der Waals surface area contributed by atoms with E-state index in [1.54, 1.807) is 24.3 Å². The number of aromatic hydroxyl groups is 1. The van der Waals surface area contributed by atoms with E-state index in [1.807, 2.05) is 0 Å². The van der Waals surface area contributed by atoms with Crippen LogP contribution in [0.25, 0.3) is 0 Å². The largest absolute Gasteiger partial charge is 0.508 e. The Balaban J connectivity index is 1.18. The number of nitrogens with two attached hydrogens (primary N) is 4. The van der Waals surface area contributed by atoms with Gasteiger partial charge in [-0.25, -0.2) is 0 Å². The first-order valence-electron chi connectivity index (χ1n) is 34.1. The zero-order chi connectivity index (χ0) is 63.6. The summed E-state index contributed by atoms with van der Waals surface area (Å²) in [5, 5.41) is 35.1. The summed E-state index contributed by atoms with van der Waals surface area (Å²) in [6.07, 6.45) is 21.6. The number of rotatable bonds is 39. The molecule has 496 valence electrons. The molecule has 0 aromatic heterocycles. The molecule has 4 saturated carbocycles. The van der Waals surface area contributed by atoms with E-state index in [1.165, 1.54) is 0 Å². The fraction of sp³-hybridized carbons (Fsp3) is 0.773. The van der Waals surface area contributed by atoms with E-state index in [0.29, 0.717) is 129 Å². The maximum absolute atomic E-state index is 14.4. The van der Waals surface area contributed by atoms with Gasteiger partial charge in [0.05, 0.1) is 23.7 Å². The number of unbranched alkanes of at least 4 members (excludes halogenated alkanes) is 6. The third-order valence-electron chi connectivity index (χ3n) is 18.6. The van der Waals surface area contributed by atoms with Gasteiger partial charge in [0.25, 0.3) is 0 Å². The Labute approximate surface area is 523 Å². The topological polar surface area (TPSA) is 374 Å². The minimum absolute atomic E-state index is 0.00335. The van der Waals surface area contributed by atoms with Crippen molar-refractivity contribution in [2.45, 2.75) is 280 Å². The molecule has 4 aliphatic rings. The first kappa shape index (κ1) is 72.9. The predicted molar refractivity (Wildman–Crippen MR) is 340 cm³/mol. The normalized spacial score (nSPS) is 23.4. The van der Waals surface area contributed by atoms with Crippen molar-refractivity contribution in [3.05, 3.63) is 29.8 Å². The zero-order valence-corrected chi connectivity index (χ0v) is 53.0. The van der Waals surface area contributed by atoms with E-state index in [4.69, 9.17) is 22.9 Å². The van der Waals surface area contributed by atoms with Gasteiger partial charge in [-0.15, -0.1) is 0 Å². The number of hydrogen-bond donors (Lipinski definition) is 13. The van der Waals surface area contributed by atoms with Crippen LogP contribution in [0.4, 0.5) is 0 Å². The number of hydrogen-bond acceptors (Lipinski definition) is 13. The van der Waals surface area contributed by atoms with Gasteiger partial charge in [-0.2, -0.15) is 0 Å². The lowest BCUT2D eigenvalue weighted by molar-refractivity contribution is -0.133. The number of amides is 9. The summed E-state index contributed by atoms with van der Waals surface area (Å²) in [6.45, 7) is 3.52. The van der Waals surface area contributed by atoms with E-state index < -0.39 is 77.9 Å². The molecule has 1 aromatic rings. The van der Waals surface area contributed by atoms with Gasteiger partial charge in [0.15, 0.2) is 0 Å². The second-order valence-corrected chi connectivity index (χ2v) is 25.9. The van der Waals surface area contributed by atoms with Crippen LogP contribution in [0.15, 0.2) is 24.3 Å². The number of phenols is 1. The highest BCUT2D eigenvalue weighted by Gasteiger charge is 2.40. The molecule has 17 N–H and O–H groups in total. The molecule has 22 heteroatoms. The Morgan fingerprint density at radius 1 is 0.420 bits per heavy atom. The lowest BCUT2D eigenvalue weighted by Crippen LogP contribution is -2.55. The van der Waals surface area contributed by atoms with Gasteiger partial charge in [0, 0.05) is 80.4 Å². The standard InChI is InChI=1S/C66H112N12O10/c1-2-3-4-5-31-59(81)71-48(39-44-32-34-49(79)35-33-44)43-62(84)77-56-29-12-8-25-52(56)66(88)78-57-30-13-9-26-53(57)65(87)74-47(22-16-19-38-69)42-61(83)76-55-28-11-7-24-51(55)64(86)73-46(21-15-18-37-68)41-60(82)75-54-27-10-6-23-50(54)63(85)72-45(40-58(70)80)20-14-17-36-67/h32-35,45-48,50-57,79H,2-31,36-43,67-69H2,1H3,(H2,70,80)(H,71,81)(H,72,85)(H,73,86)(H,74,87)(H,75,82)(H,76,83)(H,77,84)(H,78,88)/t45-,46-,47-,48-,50-,51-,52-,53-,54-,55-,56-,57-/m0/s1. The van der Waals surface area contributed by atoms with Crippen LogP contribution < -0.4 is 65.5 Å². The van der Waals surface area contributed by atoms with E-state index in [-0.39, 0.29) is 78.7 Å². The van der Waals surface area contributed by atoms with Gasteiger partial charge in [0.1, 0.15) is 5.75 Å². The SMILES string of the molecule is CCCCCCC(=O)N[C@H](CC(=O)N[C@H]1CCCC[C@@H]1C(=O)N[C@H]1CCCC[C@@H]1C(=O)N[C@@H](CCCCN)CC(=O)N[C@H]1CCCC[C@@H]1C(=O)N[C@@H](CCCCN)CC(=O)N[C@H]1CCCC[C@@H]1C(=O)N[C@@H](CCCCN)CC(N)=O)Cc1ccc(O)cc1. The van der Waals surface area contributed by atoms with Gasteiger partial charge in [-0.05, 0) is 140 Å². The lowest BCUT2D eigenvalue weighted by atomic mass is 9.81. The Morgan fingerprint density at radius 2 is 0.784 bits per heavy atom. The third kappa shape index (κ3) is 26.7. The molecule has 0 radical (unpaired) electrons. The van der Waals surface area contributed by atoms with Crippen LogP contribution in [0, 0.1) is 23.7 Å². The maximum Gasteiger partial charge on any atom is 0.225 e. The average Bonchev–Trinajstić information content (AvgIpc) is 3.34. The fourth-order valence-corrected chi connectivity index (χ4v) is 13.8. The van der Waals surface area contributed by atoms with Crippen molar-refractivity contribution in [2.75, 3.05) is 19.6 Å². The van der Waals surface area contributed by atoms with Crippen LogP contribution in [0.5, 0.6) is 5.75 Å². The summed E-state index contributed by atoms with van der Waals surface area (Å²) in [7, 11) is 0. The number of benzene rings is 1. The Bertz CT molecular complexity index is 2330. The first-order chi connectivity index (χ1) is 42.5. The van der Waals surface area contributed by atoms with Crippen molar-refractivity contribution < 1.29 is 48.3 Å². The highest BCUT2D eigenvalue weighted by atomic mass is 16.3. The maximum atomic E-state index is 14.4. The predicted octanol–water partition coefficient (Wildman–Crippen LogP) is 4.98. The molecule has 0 unspecified atom stereocenters. The molecule has 5 rings (SSSR count). The first-order valence-corrected chi connectivity index (χ1v) is 34.1. The monoisotopic (exact) mass is 1230 g/mol. The number of carbonyl (C=O) groups excluding carboxylic acids is 9. The van der Waals surface area contributed by atoms with Gasteiger partial charge in [0.2, 0.25) is 53.2 Å². The molecule has 0 spiro atoms. The summed E-state index contributed by atoms with van der Waals surface area (Å²) in [5.74, 6) is -4.33. The van der Waals surface area contributed by atoms with Gasteiger partial charge < -0.3 is 70.6 Å². The van der Waals surface area contributed by atoms with E-state index >= 15 is 0 Å². The summed E-state index contributed by atoms with van der Waals surface area (Å²) >= 11 is 0. The Kier molecular flexibility index (Phi) is 33.7. The van der Waals surface area contributed by atoms with Crippen molar-refractivity contribution in [3.63, 3.8) is 0 Å². The molecule has 0 aliphatic heterocycles. The zero-order valence-electron chi connectivity index (χ0n) is 53.0. The van der Waals surface area contributed by atoms with Crippen molar-refractivity contribution in [2.24, 2.45) is 46.6 Å². The minimum Gasteiger partial charge on any atom is -0.508 e. The molecule has 0 saturated heterocycles. The lowest BCUT2D eigenvalue weighted by Gasteiger charge is -2.36. The molecule has 4 aliphatic carbocycles. The minimum atomic E-state index is -0.553. The number of primary amides is 1. The van der Waals surface area contributed by atoms with E-state index in [2.05, 4.69) is 49.5 Å². The molecule has 4 fully saturated rings. The van der Waals surface area contributed by atoms with Crippen LogP contribution in [0.2, 0.25) is 0 Å². The second kappa shape index (κ2) is 40.7. The van der Waals surface area contributed by atoms with Crippen molar-refractivity contribution >= 4 is 53.2 Å². The van der Waals surface area contributed by atoms with Crippen LogP contribution in [-0.4, -0.2) is 126 Å². The van der Waals surface area contributed by atoms with Crippen molar-refractivity contribution in [1.82, 2.24) is 42.5 Å². The summed E-state index contributed by atoms with van der Waals surface area (Å²) in [6, 6.07) is 2.98. The quantitative estimate of drug-likeness (QED) is 0.0388. The van der Waals surface area contributed by atoms with Crippen molar-refractivity contribution in [1.29, 1.82) is 0 Å². The Hall–Kier alpha value is -5.87. The molecule has 22 nitrogen and oxygen atoms in total. The smallest absolute Gasteiger partial charge is 0.225 e. The molecule has 0 bridgehead atoms. The highest BCUT2D eigenvalue weighted by molar-refractivity contribution is 5.87. The fourth-order valence-electron chi connectivity index (χ4n) is 13.8. The summed E-state index contributed by atoms with van der Waals surface area (Å²) in [4.78, 5) is 124. The molecule has 0 heterocycles. The van der Waals surface area contributed by atoms with Crippen LogP contribution in [0.3, 0.4) is 0 Å². The van der Waals surface area contributed by atoms with E-state index in [0.717, 1.165) is 95.5 Å². The number of carbonyl (C=O) groups is 9. The highest BCUT2D eigenvalue weighted by Crippen LogP contribution is 2.31. The van der Waals surface area contributed by atoms with Crippen LogP contribution in [0.1, 0.15) is 231 Å². The number of phenolic OH excluding ortho intramolecular Hbond substituents is 1. The molecular weight excluding hydrogens is 1120 g/mol. The van der Waals surface area contributed by atoms with Crippen molar-refractivity contribution in [3.8, 4) is 5.75 Å². The van der Waals surface area contributed by atoms with Gasteiger partial charge in [-0.3, -0.25) is 43.2 Å². The summed E-state index contributed by atoms with van der Waals surface area (Å²) < 4.78 is 0. The molecule has 12 atom stereocenters. The molecular formula is C66H112N12O10. The Morgan fingerprint density at radius 3 is 1.17 bits per heavy atom. The molecule has 1 aromatic carbocycles.